The normalized spacial score (nSPS) is 20.3. The molecule has 1 N–H and O–H groups in total. The number of nitrogens with one attached hydrogen (secondary N) is 1. The van der Waals surface area contributed by atoms with Gasteiger partial charge in [0.05, 0.1) is 0 Å². The fourth-order valence-electron chi connectivity index (χ4n) is 3.97. The zero-order valence-electron chi connectivity index (χ0n) is 17.4. The second-order valence-corrected chi connectivity index (χ2v) is 9.06. The van der Waals surface area contributed by atoms with E-state index in [1.165, 1.54) is 32.1 Å². The molecule has 0 bridgehead atoms. The zero-order valence-corrected chi connectivity index (χ0v) is 18.2. The minimum absolute atomic E-state index is 0.0357. The van der Waals surface area contributed by atoms with Gasteiger partial charge in [0, 0.05) is 45.0 Å². The first-order valence-corrected chi connectivity index (χ1v) is 11.9. The van der Waals surface area contributed by atoms with E-state index in [0.717, 1.165) is 57.4 Å². The van der Waals surface area contributed by atoms with Crippen molar-refractivity contribution >= 4 is 23.7 Å². The first-order chi connectivity index (χ1) is 13.0. The van der Waals surface area contributed by atoms with E-state index in [-0.39, 0.29) is 11.9 Å². The van der Waals surface area contributed by atoms with Crippen molar-refractivity contribution in [3.05, 3.63) is 0 Å². The second kappa shape index (κ2) is 11.8. The number of likely N-dealkylation sites (N-methyl/N-ethyl adjacent to an activating group) is 1. The Kier molecular flexibility index (Phi) is 9.76. The maximum absolute atomic E-state index is 12.8. The van der Waals surface area contributed by atoms with Gasteiger partial charge in [0.25, 0.3) is 0 Å². The molecule has 1 unspecified atom stereocenters. The van der Waals surface area contributed by atoms with E-state index in [0.29, 0.717) is 0 Å². The van der Waals surface area contributed by atoms with E-state index < -0.39 is 6.04 Å². The molecule has 0 aromatic carbocycles. The molecule has 1 heterocycles. The van der Waals surface area contributed by atoms with Gasteiger partial charge in [0.15, 0.2) is 0 Å². The van der Waals surface area contributed by atoms with Crippen LogP contribution >= 0.6 is 11.8 Å². The second-order valence-electron chi connectivity index (χ2n) is 8.07. The maximum atomic E-state index is 12.8. The largest absolute Gasteiger partial charge is 0.338 e. The SMILES string of the molecule is CSCCN(CCC1CCCCC1)C(=O)NC(C)C(=O)N1CCN(C)CC1. The molecule has 1 saturated heterocycles. The Balaban J connectivity index is 1.82. The van der Waals surface area contributed by atoms with Crippen molar-refractivity contribution in [2.75, 3.05) is 58.3 Å². The Labute approximate surface area is 169 Å². The number of urea groups is 1. The Morgan fingerprint density at radius 3 is 2.41 bits per heavy atom. The van der Waals surface area contributed by atoms with Crippen molar-refractivity contribution in [3.8, 4) is 0 Å². The molecule has 0 aromatic rings. The summed E-state index contributed by atoms with van der Waals surface area (Å²) in [6.07, 6.45) is 9.78. The molecule has 2 rings (SSSR count). The quantitative estimate of drug-likeness (QED) is 0.682. The van der Waals surface area contributed by atoms with Crippen molar-refractivity contribution in [2.24, 2.45) is 5.92 Å². The monoisotopic (exact) mass is 398 g/mol. The van der Waals surface area contributed by atoms with Crippen molar-refractivity contribution < 1.29 is 9.59 Å². The summed E-state index contributed by atoms with van der Waals surface area (Å²) in [5.41, 5.74) is 0. The van der Waals surface area contributed by atoms with E-state index in [1.54, 1.807) is 11.8 Å². The fourth-order valence-corrected chi connectivity index (χ4v) is 4.37. The third kappa shape index (κ3) is 7.53. The molecule has 7 heteroatoms. The van der Waals surface area contributed by atoms with Gasteiger partial charge in [-0.3, -0.25) is 4.79 Å². The average Bonchev–Trinajstić information content (AvgIpc) is 2.68. The highest BCUT2D eigenvalue weighted by atomic mass is 32.2. The predicted octanol–water partition coefficient (Wildman–Crippen LogP) is 2.49. The molecular weight excluding hydrogens is 360 g/mol. The van der Waals surface area contributed by atoms with Gasteiger partial charge in [-0.1, -0.05) is 32.1 Å². The van der Waals surface area contributed by atoms with Crippen LogP contribution in [-0.2, 0) is 4.79 Å². The fraction of sp³-hybridized carbons (Fsp3) is 0.900. The van der Waals surface area contributed by atoms with E-state index in [2.05, 4.69) is 23.5 Å². The zero-order chi connectivity index (χ0) is 19.6. The van der Waals surface area contributed by atoms with Gasteiger partial charge in [-0.25, -0.2) is 4.79 Å². The van der Waals surface area contributed by atoms with E-state index in [4.69, 9.17) is 0 Å². The minimum atomic E-state index is -0.465. The van der Waals surface area contributed by atoms with Gasteiger partial charge >= 0.3 is 6.03 Å². The number of nitrogens with zero attached hydrogens (tertiary/aromatic N) is 3. The standard InChI is InChI=1S/C20H38N4O2S/c1-17(19(25)23-13-11-22(2)12-14-23)21-20(26)24(15-16-27-3)10-9-18-7-5-4-6-8-18/h17-18H,4-16H2,1-3H3,(H,21,26). The molecule has 3 amide bonds. The molecule has 156 valence electrons. The molecule has 1 atom stereocenters. The van der Waals surface area contributed by atoms with Gasteiger partial charge in [0.2, 0.25) is 5.91 Å². The Morgan fingerprint density at radius 2 is 1.78 bits per heavy atom. The molecule has 0 spiro atoms. The molecule has 27 heavy (non-hydrogen) atoms. The Hall–Kier alpha value is -0.950. The number of rotatable bonds is 8. The summed E-state index contributed by atoms with van der Waals surface area (Å²) < 4.78 is 0. The van der Waals surface area contributed by atoms with Gasteiger partial charge in [-0.15, -0.1) is 0 Å². The van der Waals surface area contributed by atoms with E-state index in [9.17, 15) is 9.59 Å². The highest BCUT2D eigenvalue weighted by Gasteiger charge is 2.26. The van der Waals surface area contributed by atoms with Crippen LogP contribution in [0.2, 0.25) is 0 Å². The average molecular weight is 399 g/mol. The summed E-state index contributed by atoms with van der Waals surface area (Å²) >= 11 is 1.76. The topological polar surface area (TPSA) is 55.9 Å². The summed E-state index contributed by atoms with van der Waals surface area (Å²) in [5.74, 6) is 1.72. The number of piperazine rings is 1. The third-order valence-electron chi connectivity index (χ3n) is 5.91. The van der Waals surface area contributed by atoms with E-state index in [1.807, 2.05) is 16.7 Å². The summed E-state index contributed by atoms with van der Waals surface area (Å²) in [6.45, 7) is 6.64. The number of carbonyl (C=O) groups is 2. The smallest absolute Gasteiger partial charge is 0.318 e. The van der Waals surface area contributed by atoms with Crippen LogP contribution < -0.4 is 5.32 Å². The van der Waals surface area contributed by atoms with Crippen LogP contribution in [0.3, 0.4) is 0 Å². The lowest BCUT2D eigenvalue weighted by Crippen LogP contribution is -2.55. The van der Waals surface area contributed by atoms with Crippen molar-refractivity contribution in [2.45, 2.75) is 51.5 Å². The van der Waals surface area contributed by atoms with Crippen LogP contribution in [0, 0.1) is 5.92 Å². The molecule has 2 fully saturated rings. The summed E-state index contributed by atoms with van der Waals surface area (Å²) in [4.78, 5) is 31.5. The number of amides is 3. The summed E-state index contributed by atoms with van der Waals surface area (Å²) in [6, 6.07) is -0.554. The molecule has 2 aliphatic rings. The number of hydrogen-bond donors (Lipinski definition) is 1. The minimum Gasteiger partial charge on any atom is -0.338 e. The predicted molar refractivity (Wildman–Crippen MR) is 113 cm³/mol. The van der Waals surface area contributed by atoms with Crippen molar-refractivity contribution in [3.63, 3.8) is 0 Å². The van der Waals surface area contributed by atoms with Crippen LogP contribution in [0.25, 0.3) is 0 Å². The highest BCUT2D eigenvalue weighted by molar-refractivity contribution is 7.98. The molecular formula is C20H38N4O2S. The summed E-state index contributed by atoms with van der Waals surface area (Å²) in [7, 11) is 2.07. The van der Waals surface area contributed by atoms with Crippen LogP contribution in [0.5, 0.6) is 0 Å². The first-order valence-electron chi connectivity index (χ1n) is 10.5. The van der Waals surface area contributed by atoms with Gasteiger partial charge < -0.3 is 20.0 Å². The van der Waals surface area contributed by atoms with E-state index >= 15 is 0 Å². The number of carbonyl (C=O) groups excluding carboxylic acids is 2. The van der Waals surface area contributed by atoms with Crippen LogP contribution in [0.15, 0.2) is 0 Å². The van der Waals surface area contributed by atoms with Crippen LogP contribution in [-0.4, -0.2) is 91.0 Å². The molecule has 6 nitrogen and oxygen atoms in total. The first kappa shape index (κ1) is 22.3. The molecule has 0 aromatic heterocycles. The van der Waals surface area contributed by atoms with Gasteiger partial charge in [-0.2, -0.15) is 11.8 Å². The molecule has 1 aliphatic carbocycles. The number of hydrogen-bond acceptors (Lipinski definition) is 4. The lowest BCUT2D eigenvalue weighted by atomic mass is 9.87. The van der Waals surface area contributed by atoms with Crippen LogP contribution in [0.1, 0.15) is 45.4 Å². The van der Waals surface area contributed by atoms with Crippen molar-refractivity contribution in [1.82, 2.24) is 20.0 Å². The Morgan fingerprint density at radius 1 is 1.11 bits per heavy atom. The lowest BCUT2D eigenvalue weighted by molar-refractivity contribution is -0.134. The highest BCUT2D eigenvalue weighted by Crippen LogP contribution is 2.26. The molecule has 0 radical (unpaired) electrons. The van der Waals surface area contributed by atoms with Gasteiger partial charge in [0.1, 0.15) is 6.04 Å². The molecule has 1 saturated carbocycles. The summed E-state index contributed by atoms with van der Waals surface area (Å²) in [5, 5.41) is 2.96. The Bertz CT molecular complexity index is 463. The van der Waals surface area contributed by atoms with Crippen LogP contribution in [0.4, 0.5) is 4.79 Å². The maximum Gasteiger partial charge on any atom is 0.318 e. The third-order valence-corrected chi connectivity index (χ3v) is 6.50. The van der Waals surface area contributed by atoms with Crippen molar-refractivity contribution in [1.29, 1.82) is 0 Å². The number of thioether (sulfide) groups is 1. The molecule has 1 aliphatic heterocycles. The lowest BCUT2D eigenvalue weighted by Gasteiger charge is -2.34. The van der Waals surface area contributed by atoms with Gasteiger partial charge in [-0.05, 0) is 32.6 Å².